The van der Waals surface area contributed by atoms with E-state index in [4.69, 9.17) is 5.73 Å². The van der Waals surface area contributed by atoms with Crippen LogP contribution in [0, 0.1) is 16.0 Å². The summed E-state index contributed by atoms with van der Waals surface area (Å²) in [5.41, 5.74) is 5.67. The Morgan fingerprint density at radius 3 is 2.39 bits per heavy atom. The molecule has 3 atom stereocenters. The molecule has 0 spiro atoms. The second-order valence-corrected chi connectivity index (χ2v) is 10.8. The molecule has 0 radical (unpaired) electrons. The van der Waals surface area contributed by atoms with E-state index in [1.165, 1.54) is 16.4 Å². The first-order valence-electron chi connectivity index (χ1n) is 11.2. The zero-order valence-electron chi connectivity index (χ0n) is 17.6. The number of sulfonamides is 1. The third-order valence-corrected chi connectivity index (χ3v) is 8.94. The highest BCUT2D eigenvalue weighted by Crippen LogP contribution is 2.45. The van der Waals surface area contributed by atoms with Crippen LogP contribution in [-0.2, 0) is 14.8 Å². The average molecular weight is 451 g/mol. The van der Waals surface area contributed by atoms with Crippen molar-refractivity contribution in [2.45, 2.75) is 74.8 Å². The van der Waals surface area contributed by atoms with Gasteiger partial charge in [0.05, 0.1) is 9.82 Å². The standard InChI is InChI=1S/C21H30N4O5S/c22-21(26)20-13-15-7-3-4-8-17(15)24(20)18-10-9-16(14-19(18)25(27)28)31(29,30)23-11-5-1-2-6-12-23/h9-10,14-15,17,20H,1-8,11-13H2,(H2,22,26)/t15-,17-,20+/m1/s1. The molecule has 170 valence electrons. The predicted octanol–water partition coefficient (Wildman–Crippen LogP) is 2.78. The molecular formula is C21H30N4O5S. The van der Waals surface area contributed by atoms with Gasteiger partial charge in [-0.2, -0.15) is 4.31 Å². The molecule has 2 heterocycles. The zero-order valence-corrected chi connectivity index (χ0v) is 18.4. The Kier molecular flexibility index (Phi) is 6.20. The Labute approximate surface area is 182 Å². The van der Waals surface area contributed by atoms with Crippen molar-refractivity contribution in [2.24, 2.45) is 11.7 Å². The van der Waals surface area contributed by atoms with E-state index in [9.17, 15) is 23.3 Å². The summed E-state index contributed by atoms with van der Waals surface area (Å²) in [5.74, 6) is -0.226. The largest absolute Gasteiger partial charge is 0.368 e. The molecule has 0 unspecified atom stereocenters. The van der Waals surface area contributed by atoms with Crippen LogP contribution in [0.2, 0.25) is 0 Å². The molecule has 3 aliphatic rings. The molecular weight excluding hydrogens is 420 g/mol. The zero-order chi connectivity index (χ0) is 22.2. The van der Waals surface area contributed by atoms with Crippen molar-refractivity contribution in [3.63, 3.8) is 0 Å². The minimum absolute atomic E-state index is 0.0121. The number of benzene rings is 1. The topological polar surface area (TPSA) is 127 Å². The van der Waals surface area contributed by atoms with Gasteiger partial charge in [-0.1, -0.05) is 25.7 Å². The lowest BCUT2D eigenvalue weighted by molar-refractivity contribution is -0.384. The summed E-state index contributed by atoms with van der Waals surface area (Å²) >= 11 is 0. The molecule has 31 heavy (non-hydrogen) atoms. The highest BCUT2D eigenvalue weighted by molar-refractivity contribution is 7.89. The van der Waals surface area contributed by atoms with E-state index in [0.29, 0.717) is 19.5 Å². The van der Waals surface area contributed by atoms with Crippen LogP contribution < -0.4 is 10.6 Å². The van der Waals surface area contributed by atoms with Gasteiger partial charge >= 0.3 is 0 Å². The summed E-state index contributed by atoms with van der Waals surface area (Å²) in [6.45, 7) is 0.856. The molecule has 1 aromatic carbocycles. The van der Waals surface area contributed by atoms with E-state index in [-0.39, 0.29) is 28.2 Å². The van der Waals surface area contributed by atoms with Crippen molar-refractivity contribution in [2.75, 3.05) is 18.0 Å². The SMILES string of the molecule is NC(=O)[C@@H]1C[C@H]2CCCC[C@H]2N1c1ccc(S(=O)(=O)N2CCCCCC2)cc1[N+](=O)[O-]. The molecule has 9 nitrogen and oxygen atoms in total. The number of rotatable bonds is 5. The van der Waals surface area contributed by atoms with Crippen LogP contribution in [0.25, 0.3) is 0 Å². The highest BCUT2D eigenvalue weighted by Gasteiger charge is 2.46. The quantitative estimate of drug-likeness (QED) is 0.543. The Hall–Kier alpha value is -2.20. The number of amides is 1. The summed E-state index contributed by atoms with van der Waals surface area (Å²) in [5, 5.41) is 12.0. The van der Waals surface area contributed by atoms with Gasteiger partial charge in [-0.05, 0) is 50.2 Å². The van der Waals surface area contributed by atoms with Gasteiger partial charge in [-0.15, -0.1) is 0 Å². The monoisotopic (exact) mass is 450 g/mol. The predicted molar refractivity (Wildman–Crippen MR) is 116 cm³/mol. The summed E-state index contributed by atoms with van der Waals surface area (Å²) in [7, 11) is -3.82. The number of hydrogen-bond acceptors (Lipinski definition) is 6. The fourth-order valence-electron chi connectivity index (χ4n) is 5.52. The van der Waals surface area contributed by atoms with Gasteiger partial charge in [-0.3, -0.25) is 14.9 Å². The first-order valence-corrected chi connectivity index (χ1v) is 12.6. The second kappa shape index (κ2) is 8.74. The minimum Gasteiger partial charge on any atom is -0.368 e. The molecule has 2 N–H and O–H groups in total. The number of nitro benzene ring substituents is 1. The minimum atomic E-state index is -3.82. The van der Waals surface area contributed by atoms with Crippen LogP contribution in [0.15, 0.2) is 23.1 Å². The van der Waals surface area contributed by atoms with Crippen molar-refractivity contribution in [3.05, 3.63) is 28.3 Å². The molecule has 3 fully saturated rings. The molecule has 10 heteroatoms. The first kappa shape index (κ1) is 22.0. The maximum atomic E-state index is 13.2. The van der Waals surface area contributed by atoms with Crippen LogP contribution in [0.4, 0.5) is 11.4 Å². The number of anilines is 1. The van der Waals surface area contributed by atoms with Crippen molar-refractivity contribution < 1.29 is 18.1 Å². The number of carbonyl (C=O) groups excluding carboxylic acids is 1. The number of nitro groups is 1. The van der Waals surface area contributed by atoms with Crippen LogP contribution in [0.5, 0.6) is 0 Å². The van der Waals surface area contributed by atoms with Gasteiger partial charge in [0.15, 0.2) is 0 Å². The molecule has 1 aliphatic carbocycles. The lowest BCUT2D eigenvalue weighted by Crippen LogP contribution is -2.45. The van der Waals surface area contributed by atoms with Crippen molar-refractivity contribution in [1.29, 1.82) is 0 Å². The summed E-state index contributed by atoms with van der Waals surface area (Å²) in [6, 6.07) is 3.49. The number of primary amides is 1. The summed E-state index contributed by atoms with van der Waals surface area (Å²) in [4.78, 5) is 25.3. The van der Waals surface area contributed by atoms with Gasteiger partial charge in [0.1, 0.15) is 11.7 Å². The second-order valence-electron chi connectivity index (χ2n) is 8.90. The van der Waals surface area contributed by atoms with Crippen molar-refractivity contribution in [3.8, 4) is 0 Å². The summed E-state index contributed by atoms with van der Waals surface area (Å²) < 4.78 is 27.8. The average Bonchev–Trinajstić information content (AvgIpc) is 2.92. The normalized spacial score (nSPS) is 27.5. The number of carbonyl (C=O) groups is 1. The van der Waals surface area contributed by atoms with E-state index in [0.717, 1.165) is 57.4 Å². The first-order chi connectivity index (χ1) is 14.8. The van der Waals surface area contributed by atoms with E-state index >= 15 is 0 Å². The molecule has 1 saturated carbocycles. The molecule has 2 saturated heterocycles. The maximum Gasteiger partial charge on any atom is 0.293 e. The third-order valence-electron chi connectivity index (χ3n) is 7.04. The number of fused-ring (bicyclic) bond motifs is 1. The van der Waals surface area contributed by atoms with Gasteiger partial charge in [0, 0.05) is 25.2 Å². The van der Waals surface area contributed by atoms with Gasteiger partial charge in [0.2, 0.25) is 15.9 Å². The third kappa shape index (κ3) is 4.15. The number of nitrogens with zero attached hydrogens (tertiary/aromatic N) is 3. The Morgan fingerprint density at radius 1 is 1.06 bits per heavy atom. The Morgan fingerprint density at radius 2 is 1.74 bits per heavy atom. The smallest absolute Gasteiger partial charge is 0.293 e. The number of nitrogens with two attached hydrogens (primary N) is 1. The van der Waals surface area contributed by atoms with Crippen LogP contribution in [0.1, 0.15) is 57.8 Å². The van der Waals surface area contributed by atoms with Crippen LogP contribution in [0.3, 0.4) is 0 Å². The van der Waals surface area contributed by atoms with E-state index in [2.05, 4.69) is 0 Å². The molecule has 1 aromatic rings. The molecule has 1 amide bonds. The summed E-state index contributed by atoms with van der Waals surface area (Å²) in [6.07, 6.45) is 8.03. The lowest BCUT2D eigenvalue weighted by atomic mass is 9.84. The van der Waals surface area contributed by atoms with E-state index in [1.807, 2.05) is 0 Å². The Bertz CT molecular complexity index is 959. The van der Waals surface area contributed by atoms with Crippen LogP contribution >= 0.6 is 0 Å². The van der Waals surface area contributed by atoms with E-state index in [1.54, 1.807) is 4.90 Å². The Balaban J connectivity index is 1.74. The molecule has 0 aromatic heterocycles. The van der Waals surface area contributed by atoms with Crippen LogP contribution in [-0.4, -0.2) is 48.7 Å². The van der Waals surface area contributed by atoms with Crippen molar-refractivity contribution in [1.82, 2.24) is 4.31 Å². The van der Waals surface area contributed by atoms with E-state index < -0.39 is 26.9 Å². The molecule has 0 bridgehead atoms. The fourth-order valence-corrected chi connectivity index (χ4v) is 7.06. The lowest BCUT2D eigenvalue weighted by Gasteiger charge is -2.34. The van der Waals surface area contributed by atoms with Gasteiger partial charge < -0.3 is 10.6 Å². The highest BCUT2D eigenvalue weighted by atomic mass is 32.2. The molecule has 2 aliphatic heterocycles. The van der Waals surface area contributed by atoms with Gasteiger partial charge in [-0.25, -0.2) is 8.42 Å². The maximum absolute atomic E-state index is 13.2. The molecule has 4 rings (SSSR count). The van der Waals surface area contributed by atoms with Crippen molar-refractivity contribution >= 4 is 27.3 Å². The fraction of sp³-hybridized carbons (Fsp3) is 0.667. The number of hydrogen-bond donors (Lipinski definition) is 1. The van der Waals surface area contributed by atoms with Gasteiger partial charge in [0.25, 0.3) is 5.69 Å².